The topological polar surface area (TPSA) is 44.4 Å². The molecule has 2 saturated heterocycles. The number of para-hydroxylation sites is 1. The summed E-state index contributed by atoms with van der Waals surface area (Å²) in [5, 5.41) is 5.40. The summed E-state index contributed by atoms with van der Waals surface area (Å²) in [7, 11) is 0. The van der Waals surface area contributed by atoms with Crippen LogP contribution in [0.4, 0.5) is 14.5 Å². The van der Waals surface area contributed by atoms with Crippen LogP contribution < -0.4 is 15.5 Å². The van der Waals surface area contributed by atoms with Crippen LogP contribution in [0.25, 0.3) is 0 Å². The van der Waals surface area contributed by atoms with Gasteiger partial charge < -0.3 is 10.2 Å². The predicted octanol–water partition coefficient (Wildman–Crippen LogP) is 1.63. The normalized spacial score (nSPS) is 27.1. The number of carbonyl (C=O) groups excluding carboxylic acids is 1. The molecular weight excluding hydrogens is 288 g/mol. The molecule has 22 heavy (non-hydrogen) atoms. The summed E-state index contributed by atoms with van der Waals surface area (Å²) in [6, 6.07) is 9.40. The number of carbonyl (C=O) groups is 1. The van der Waals surface area contributed by atoms with E-state index in [9.17, 15) is 13.6 Å². The Labute approximate surface area is 128 Å². The standard InChI is InChI=1S/C16H21F2N3O/c17-16(18)8-14(20-11-16)15(22)19-9-12-6-7-21(10-12)13-4-2-1-3-5-13/h1-5,12,14,20H,6-11H2,(H,19,22). The molecule has 2 unspecified atom stereocenters. The van der Waals surface area contributed by atoms with Gasteiger partial charge in [0, 0.05) is 31.7 Å². The van der Waals surface area contributed by atoms with Gasteiger partial charge in [-0.15, -0.1) is 0 Å². The molecule has 2 aliphatic heterocycles. The molecule has 6 heteroatoms. The molecule has 2 aliphatic rings. The van der Waals surface area contributed by atoms with E-state index >= 15 is 0 Å². The highest BCUT2D eigenvalue weighted by atomic mass is 19.3. The molecule has 0 spiro atoms. The summed E-state index contributed by atoms with van der Waals surface area (Å²) in [6.45, 7) is 1.99. The van der Waals surface area contributed by atoms with Crippen LogP contribution in [0.1, 0.15) is 12.8 Å². The quantitative estimate of drug-likeness (QED) is 0.888. The molecule has 4 nitrogen and oxygen atoms in total. The van der Waals surface area contributed by atoms with E-state index in [-0.39, 0.29) is 5.91 Å². The maximum absolute atomic E-state index is 13.1. The van der Waals surface area contributed by atoms with Gasteiger partial charge in [-0.05, 0) is 24.5 Å². The molecule has 1 aromatic carbocycles. The van der Waals surface area contributed by atoms with Gasteiger partial charge in [-0.3, -0.25) is 10.1 Å². The van der Waals surface area contributed by atoms with E-state index in [0.717, 1.165) is 19.5 Å². The molecule has 2 heterocycles. The van der Waals surface area contributed by atoms with Crippen LogP contribution in [0.15, 0.2) is 30.3 Å². The highest BCUT2D eigenvalue weighted by Crippen LogP contribution is 2.26. The number of hydrogen-bond donors (Lipinski definition) is 2. The number of amides is 1. The van der Waals surface area contributed by atoms with Gasteiger partial charge in [0.15, 0.2) is 0 Å². The van der Waals surface area contributed by atoms with E-state index in [2.05, 4.69) is 27.7 Å². The lowest BCUT2D eigenvalue weighted by Gasteiger charge is -2.19. The minimum absolute atomic E-state index is 0.310. The first-order chi connectivity index (χ1) is 10.5. The fourth-order valence-electron chi connectivity index (χ4n) is 3.14. The Hall–Kier alpha value is -1.69. The highest BCUT2D eigenvalue weighted by molar-refractivity contribution is 5.82. The molecule has 1 amide bonds. The molecule has 3 rings (SSSR count). The molecular formula is C16H21F2N3O. The monoisotopic (exact) mass is 309 g/mol. The van der Waals surface area contributed by atoms with Crippen LogP contribution in [0.5, 0.6) is 0 Å². The number of rotatable bonds is 4. The molecule has 0 bridgehead atoms. The number of anilines is 1. The number of alkyl halides is 2. The highest BCUT2D eigenvalue weighted by Gasteiger charge is 2.42. The van der Waals surface area contributed by atoms with Gasteiger partial charge in [-0.25, -0.2) is 8.78 Å². The van der Waals surface area contributed by atoms with Crippen molar-refractivity contribution in [2.75, 3.05) is 31.1 Å². The van der Waals surface area contributed by atoms with Crippen molar-refractivity contribution >= 4 is 11.6 Å². The number of benzene rings is 1. The number of halogens is 2. The summed E-state index contributed by atoms with van der Waals surface area (Å²) in [5.41, 5.74) is 1.19. The Balaban J connectivity index is 1.44. The molecule has 2 fully saturated rings. The van der Waals surface area contributed by atoms with Crippen molar-refractivity contribution in [3.05, 3.63) is 30.3 Å². The Kier molecular flexibility index (Phi) is 4.29. The van der Waals surface area contributed by atoms with Crippen LogP contribution in [0.2, 0.25) is 0 Å². The number of nitrogens with zero attached hydrogens (tertiary/aromatic N) is 1. The van der Waals surface area contributed by atoms with E-state index in [1.807, 2.05) is 18.2 Å². The van der Waals surface area contributed by atoms with Crippen molar-refractivity contribution in [3.8, 4) is 0 Å². The van der Waals surface area contributed by atoms with Crippen molar-refractivity contribution in [2.24, 2.45) is 5.92 Å². The smallest absolute Gasteiger partial charge is 0.262 e. The molecule has 2 atom stereocenters. The maximum Gasteiger partial charge on any atom is 0.262 e. The average molecular weight is 309 g/mol. The minimum Gasteiger partial charge on any atom is -0.371 e. The largest absolute Gasteiger partial charge is 0.371 e. The van der Waals surface area contributed by atoms with Crippen molar-refractivity contribution < 1.29 is 13.6 Å². The average Bonchev–Trinajstić information content (AvgIpc) is 3.12. The van der Waals surface area contributed by atoms with Crippen LogP contribution in [0, 0.1) is 5.92 Å². The third kappa shape index (κ3) is 3.55. The first kappa shape index (κ1) is 15.2. The first-order valence-electron chi connectivity index (χ1n) is 7.72. The third-order valence-electron chi connectivity index (χ3n) is 4.40. The number of nitrogens with one attached hydrogen (secondary N) is 2. The second kappa shape index (κ2) is 6.20. The number of hydrogen-bond acceptors (Lipinski definition) is 3. The summed E-state index contributed by atoms with van der Waals surface area (Å²) in [6.07, 6.45) is 0.600. The summed E-state index contributed by atoms with van der Waals surface area (Å²) in [5.74, 6) is -2.71. The molecule has 0 aliphatic carbocycles. The second-order valence-electron chi connectivity index (χ2n) is 6.17. The van der Waals surface area contributed by atoms with E-state index < -0.39 is 24.9 Å². The zero-order valence-electron chi connectivity index (χ0n) is 12.4. The van der Waals surface area contributed by atoms with Gasteiger partial charge in [0.1, 0.15) is 0 Å². The Bertz CT molecular complexity index is 523. The zero-order valence-corrected chi connectivity index (χ0v) is 12.4. The SMILES string of the molecule is O=C(NCC1CCN(c2ccccc2)C1)C1CC(F)(F)CN1. The molecule has 0 aromatic heterocycles. The minimum atomic E-state index is -2.76. The van der Waals surface area contributed by atoms with Gasteiger partial charge in [-0.1, -0.05) is 18.2 Å². The lowest BCUT2D eigenvalue weighted by Crippen LogP contribution is -2.42. The Morgan fingerprint density at radius 3 is 2.82 bits per heavy atom. The summed E-state index contributed by atoms with van der Waals surface area (Å²) < 4.78 is 26.2. The fraction of sp³-hybridized carbons (Fsp3) is 0.562. The molecule has 2 N–H and O–H groups in total. The molecule has 0 radical (unpaired) electrons. The van der Waals surface area contributed by atoms with Crippen LogP contribution >= 0.6 is 0 Å². The zero-order chi connectivity index (χ0) is 15.6. The van der Waals surface area contributed by atoms with Crippen LogP contribution in [0.3, 0.4) is 0 Å². The van der Waals surface area contributed by atoms with Crippen molar-refractivity contribution in [2.45, 2.75) is 24.8 Å². The lowest BCUT2D eigenvalue weighted by atomic mass is 10.1. The lowest BCUT2D eigenvalue weighted by molar-refractivity contribution is -0.123. The van der Waals surface area contributed by atoms with E-state index in [1.54, 1.807) is 0 Å². The summed E-state index contributed by atoms with van der Waals surface area (Å²) in [4.78, 5) is 14.2. The molecule has 120 valence electrons. The van der Waals surface area contributed by atoms with Crippen LogP contribution in [-0.4, -0.2) is 44.1 Å². The van der Waals surface area contributed by atoms with E-state index in [1.165, 1.54) is 5.69 Å². The van der Waals surface area contributed by atoms with Crippen molar-refractivity contribution in [3.63, 3.8) is 0 Å². The van der Waals surface area contributed by atoms with Gasteiger partial charge in [0.25, 0.3) is 5.92 Å². The summed E-state index contributed by atoms with van der Waals surface area (Å²) >= 11 is 0. The van der Waals surface area contributed by atoms with Gasteiger partial charge in [0.05, 0.1) is 12.6 Å². The first-order valence-corrected chi connectivity index (χ1v) is 7.72. The molecule has 1 aromatic rings. The Morgan fingerprint density at radius 2 is 2.14 bits per heavy atom. The van der Waals surface area contributed by atoms with E-state index in [0.29, 0.717) is 12.5 Å². The van der Waals surface area contributed by atoms with E-state index in [4.69, 9.17) is 0 Å². The van der Waals surface area contributed by atoms with Gasteiger partial charge in [0.2, 0.25) is 5.91 Å². The molecule has 0 saturated carbocycles. The maximum atomic E-state index is 13.1. The van der Waals surface area contributed by atoms with Crippen molar-refractivity contribution in [1.82, 2.24) is 10.6 Å². The Morgan fingerprint density at radius 1 is 1.36 bits per heavy atom. The van der Waals surface area contributed by atoms with Crippen molar-refractivity contribution in [1.29, 1.82) is 0 Å². The van der Waals surface area contributed by atoms with Crippen LogP contribution in [-0.2, 0) is 4.79 Å². The predicted molar refractivity (Wildman–Crippen MR) is 81.1 cm³/mol. The second-order valence-corrected chi connectivity index (χ2v) is 6.17. The fourth-order valence-corrected chi connectivity index (χ4v) is 3.14. The van der Waals surface area contributed by atoms with Gasteiger partial charge in [-0.2, -0.15) is 0 Å². The van der Waals surface area contributed by atoms with Gasteiger partial charge >= 0.3 is 0 Å². The third-order valence-corrected chi connectivity index (χ3v) is 4.40.